The summed E-state index contributed by atoms with van der Waals surface area (Å²) in [5.74, 6) is -0.605. The smallest absolute Gasteiger partial charge is 0.248 e. The van der Waals surface area contributed by atoms with Gasteiger partial charge in [0.05, 0.1) is 23.0 Å². The average Bonchev–Trinajstić information content (AvgIpc) is 3.39. The Morgan fingerprint density at radius 3 is 2.50 bits per heavy atom. The number of amides is 2. The lowest BCUT2D eigenvalue weighted by molar-refractivity contribution is -0.123. The van der Waals surface area contributed by atoms with Crippen LogP contribution in [0.2, 0.25) is 0 Å². The van der Waals surface area contributed by atoms with Crippen LogP contribution in [0.1, 0.15) is 17.5 Å². The van der Waals surface area contributed by atoms with Crippen molar-refractivity contribution in [1.82, 2.24) is 4.98 Å². The topological polar surface area (TPSA) is 70.2 Å². The van der Waals surface area contributed by atoms with E-state index in [0.29, 0.717) is 11.2 Å². The molecule has 5 nitrogen and oxygen atoms in total. The Kier molecular flexibility index (Phi) is 3.49. The Hall–Kier alpha value is -3.47. The molecule has 148 valence electrons. The van der Waals surface area contributed by atoms with Gasteiger partial charge in [0.2, 0.25) is 17.4 Å². The summed E-state index contributed by atoms with van der Waals surface area (Å²) >= 11 is 0. The maximum atomic E-state index is 13.4. The fraction of sp³-hybridized carbons (Fsp3) is 0.240. The lowest BCUT2D eigenvalue weighted by atomic mass is 9.79. The van der Waals surface area contributed by atoms with Gasteiger partial charge >= 0.3 is 0 Å². The number of hydrogen-bond donors (Lipinski definition) is 1. The van der Waals surface area contributed by atoms with E-state index in [1.165, 1.54) is 10.5 Å². The first-order valence-electron chi connectivity index (χ1n) is 10.3. The van der Waals surface area contributed by atoms with Gasteiger partial charge in [-0.3, -0.25) is 14.4 Å². The molecule has 2 fully saturated rings. The molecule has 1 N–H and O–H groups in total. The molecule has 1 saturated carbocycles. The first-order chi connectivity index (χ1) is 14.5. The van der Waals surface area contributed by atoms with Gasteiger partial charge < -0.3 is 4.98 Å². The standard InChI is InChI=1S/C25H20N2O3/c1-13-9-21(28)26-20-12-16(7-8-17(13)20)27-24(29)22-15-10-18(14-5-3-2-4-6-14)19(11-15)23(22)25(27)30/h2-10,12,15,19,22-23H,11H2,1H3,(H,26,28)/t15-,19-,22-,23+/m0/s1. The van der Waals surface area contributed by atoms with E-state index in [-0.39, 0.29) is 41.0 Å². The SMILES string of the molecule is Cc1cc(=O)[nH]c2cc(N3C(=O)[C@@H]4[C@H](C3=O)[C@H]3C[C@@H]4C=C3c3ccccc3)ccc12. The monoisotopic (exact) mass is 396 g/mol. The van der Waals surface area contributed by atoms with Crippen molar-refractivity contribution in [2.24, 2.45) is 23.7 Å². The van der Waals surface area contributed by atoms with Crippen LogP contribution in [0.4, 0.5) is 5.69 Å². The number of fused-ring (bicyclic) bond motifs is 6. The number of nitrogens with zero attached hydrogens (tertiary/aromatic N) is 1. The molecule has 1 saturated heterocycles. The summed E-state index contributed by atoms with van der Waals surface area (Å²) in [4.78, 5) is 42.8. The normalized spacial score (nSPS) is 27.1. The van der Waals surface area contributed by atoms with Crippen molar-refractivity contribution in [3.8, 4) is 0 Å². The van der Waals surface area contributed by atoms with Crippen molar-refractivity contribution < 1.29 is 9.59 Å². The summed E-state index contributed by atoms with van der Waals surface area (Å²) in [5, 5.41) is 0.908. The van der Waals surface area contributed by atoms with Crippen LogP contribution in [0.3, 0.4) is 0 Å². The van der Waals surface area contributed by atoms with Gasteiger partial charge in [-0.2, -0.15) is 0 Å². The van der Waals surface area contributed by atoms with Crippen molar-refractivity contribution in [3.05, 3.63) is 82.2 Å². The molecule has 1 aliphatic heterocycles. The zero-order chi connectivity index (χ0) is 20.6. The van der Waals surface area contributed by atoms with E-state index in [1.807, 2.05) is 31.2 Å². The van der Waals surface area contributed by atoms with Crippen LogP contribution in [0.25, 0.3) is 16.5 Å². The fourth-order valence-electron chi connectivity index (χ4n) is 5.78. The molecule has 0 unspecified atom stereocenters. The third-order valence-corrected chi connectivity index (χ3v) is 7.01. The van der Waals surface area contributed by atoms with Crippen LogP contribution in [0.5, 0.6) is 0 Å². The number of aryl methyl sites for hydroxylation is 1. The molecule has 6 rings (SSSR count). The van der Waals surface area contributed by atoms with Gasteiger partial charge in [-0.25, -0.2) is 4.90 Å². The number of aromatic amines is 1. The van der Waals surface area contributed by atoms with Gasteiger partial charge in [-0.1, -0.05) is 42.5 Å². The third kappa shape index (κ3) is 2.26. The lowest BCUT2D eigenvalue weighted by Gasteiger charge is -2.22. The van der Waals surface area contributed by atoms with Crippen LogP contribution in [0, 0.1) is 30.6 Å². The number of anilines is 1. The molecular weight excluding hydrogens is 376 g/mol. The van der Waals surface area contributed by atoms with Gasteiger partial charge in [0.25, 0.3) is 0 Å². The van der Waals surface area contributed by atoms with Crippen LogP contribution < -0.4 is 10.5 Å². The summed E-state index contributed by atoms with van der Waals surface area (Å²) in [7, 11) is 0. The van der Waals surface area contributed by atoms with Crippen molar-refractivity contribution >= 4 is 34.0 Å². The average molecular weight is 396 g/mol. The minimum Gasteiger partial charge on any atom is -0.322 e. The second-order valence-electron chi connectivity index (χ2n) is 8.60. The fourth-order valence-corrected chi connectivity index (χ4v) is 5.78. The van der Waals surface area contributed by atoms with Gasteiger partial charge in [-0.05, 0) is 54.0 Å². The van der Waals surface area contributed by atoms with Gasteiger partial charge in [0, 0.05) is 11.5 Å². The number of H-pyrrole nitrogens is 1. The highest BCUT2D eigenvalue weighted by Crippen LogP contribution is 2.58. The number of carbonyl (C=O) groups excluding carboxylic acids is 2. The van der Waals surface area contributed by atoms with Gasteiger partial charge in [0.15, 0.2) is 0 Å². The second-order valence-corrected chi connectivity index (χ2v) is 8.60. The van der Waals surface area contributed by atoms with Crippen molar-refractivity contribution in [1.29, 1.82) is 0 Å². The van der Waals surface area contributed by atoms with E-state index in [4.69, 9.17) is 0 Å². The molecule has 30 heavy (non-hydrogen) atoms. The number of pyridine rings is 1. The molecule has 2 bridgehead atoms. The number of hydrogen-bond acceptors (Lipinski definition) is 3. The molecule has 5 heteroatoms. The Balaban J connectivity index is 1.40. The largest absolute Gasteiger partial charge is 0.322 e. The number of allylic oxidation sites excluding steroid dienone is 2. The molecule has 0 spiro atoms. The van der Waals surface area contributed by atoms with E-state index >= 15 is 0 Å². The molecule has 4 atom stereocenters. The second kappa shape index (κ2) is 6.02. The Bertz CT molecular complexity index is 1320. The highest BCUT2D eigenvalue weighted by Gasteiger charge is 2.61. The van der Waals surface area contributed by atoms with Crippen LogP contribution >= 0.6 is 0 Å². The molecule has 2 aliphatic carbocycles. The highest BCUT2D eigenvalue weighted by atomic mass is 16.2. The van der Waals surface area contributed by atoms with E-state index in [0.717, 1.165) is 22.9 Å². The molecule has 1 aromatic heterocycles. The first kappa shape index (κ1) is 17.4. The maximum Gasteiger partial charge on any atom is 0.248 e. The zero-order valence-electron chi connectivity index (χ0n) is 16.5. The van der Waals surface area contributed by atoms with E-state index in [2.05, 4.69) is 23.2 Å². The number of benzene rings is 2. The van der Waals surface area contributed by atoms with Gasteiger partial charge in [-0.15, -0.1) is 0 Å². The number of aromatic nitrogens is 1. The van der Waals surface area contributed by atoms with E-state index < -0.39 is 0 Å². The summed E-state index contributed by atoms with van der Waals surface area (Å²) in [6.45, 7) is 1.88. The van der Waals surface area contributed by atoms with Crippen LogP contribution in [0.15, 0.2) is 65.5 Å². The van der Waals surface area contributed by atoms with Crippen molar-refractivity contribution in [2.75, 3.05) is 4.90 Å². The van der Waals surface area contributed by atoms with Crippen molar-refractivity contribution in [3.63, 3.8) is 0 Å². The Morgan fingerprint density at radius 2 is 1.70 bits per heavy atom. The van der Waals surface area contributed by atoms with Crippen LogP contribution in [-0.2, 0) is 9.59 Å². The predicted octanol–water partition coefficient (Wildman–Crippen LogP) is 3.68. The number of rotatable bonds is 2. The lowest BCUT2D eigenvalue weighted by Crippen LogP contribution is -2.33. The molecule has 3 aliphatic rings. The Labute approximate surface area is 173 Å². The molecule has 2 heterocycles. The summed E-state index contributed by atoms with van der Waals surface area (Å²) in [6.07, 6.45) is 3.08. The zero-order valence-corrected chi connectivity index (χ0v) is 16.5. The minimum absolute atomic E-state index is 0.0892. The Morgan fingerprint density at radius 1 is 0.933 bits per heavy atom. The molecule has 0 radical (unpaired) electrons. The predicted molar refractivity (Wildman–Crippen MR) is 115 cm³/mol. The number of carbonyl (C=O) groups is 2. The summed E-state index contributed by atoms with van der Waals surface area (Å²) in [6, 6.07) is 17.1. The van der Waals surface area contributed by atoms with E-state index in [9.17, 15) is 14.4 Å². The summed E-state index contributed by atoms with van der Waals surface area (Å²) in [5.41, 5.74) is 4.19. The first-order valence-corrected chi connectivity index (χ1v) is 10.3. The molecule has 2 amide bonds. The summed E-state index contributed by atoms with van der Waals surface area (Å²) < 4.78 is 0. The van der Waals surface area contributed by atoms with Gasteiger partial charge in [0.1, 0.15) is 0 Å². The third-order valence-electron chi connectivity index (χ3n) is 7.01. The minimum atomic E-state index is -0.296. The molecule has 3 aromatic rings. The van der Waals surface area contributed by atoms with Crippen molar-refractivity contribution in [2.45, 2.75) is 13.3 Å². The quantitative estimate of drug-likeness (QED) is 0.672. The molecule has 2 aromatic carbocycles. The molecular formula is C25H20N2O3. The highest BCUT2D eigenvalue weighted by molar-refractivity contribution is 6.23. The number of nitrogens with one attached hydrogen (secondary N) is 1. The maximum absolute atomic E-state index is 13.4. The van der Waals surface area contributed by atoms with Crippen LogP contribution in [-0.4, -0.2) is 16.8 Å². The van der Waals surface area contributed by atoms with E-state index in [1.54, 1.807) is 18.2 Å². The number of imide groups is 1.